The summed E-state index contributed by atoms with van der Waals surface area (Å²) in [6.07, 6.45) is 7.79. The Kier molecular flexibility index (Phi) is 3.52. The quantitative estimate of drug-likeness (QED) is 0.869. The van der Waals surface area contributed by atoms with E-state index in [1.54, 1.807) is 0 Å². The number of morpholine rings is 1. The monoisotopic (exact) mass is 304 g/mol. The third-order valence-electron chi connectivity index (χ3n) is 4.25. The molecule has 1 aliphatic heterocycles. The lowest BCUT2D eigenvalue weighted by Gasteiger charge is -2.31. The fraction of sp³-hybridized carbons (Fsp3) is 0.600. The maximum atomic E-state index is 5.89. The van der Waals surface area contributed by atoms with Crippen LogP contribution in [-0.2, 0) is 31.2 Å². The van der Waals surface area contributed by atoms with Crippen molar-refractivity contribution in [1.82, 2.24) is 19.7 Å². The fourth-order valence-corrected chi connectivity index (χ4v) is 4.36. The van der Waals surface area contributed by atoms with Crippen molar-refractivity contribution in [2.45, 2.75) is 31.9 Å². The van der Waals surface area contributed by atoms with Gasteiger partial charge in [-0.25, -0.2) is 4.98 Å². The van der Waals surface area contributed by atoms with Crippen molar-refractivity contribution in [2.24, 2.45) is 7.05 Å². The fourth-order valence-electron chi connectivity index (χ4n) is 3.16. The molecule has 21 heavy (non-hydrogen) atoms. The molecule has 0 amide bonds. The Labute approximate surface area is 128 Å². The van der Waals surface area contributed by atoms with Gasteiger partial charge in [0.1, 0.15) is 5.01 Å². The van der Waals surface area contributed by atoms with E-state index < -0.39 is 0 Å². The van der Waals surface area contributed by atoms with Crippen molar-refractivity contribution in [3.8, 4) is 0 Å². The summed E-state index contributed by atoms with van der Waals surface area (Å²) in [4.78, 5) is 8.78. The first-order valence-corrected chi connectivity index (χ1v) is 8.39. The highest BCUT2D eigenvalue weighted by atomic mass is 32.1. The molecule has 1 unspecified atom stereocenters. The zero-order valence-electron chi connectivity index (χ0n) is 12.3. The molecule has 1 saturated heterocycles. The molecule has 1 atom stereocenters. The molecule has 4 rings (SSSR count). The largest absolute Gasteiger partial charge is 0.371 e. The predicted molar refractivity (Wildman–Crippen MR) is 81.3 cm³/mol. The Morgan fingerprint density at radius 2 is 2.38 bits per heavy atom. The van der Waals surface area contributed by atoms with E-state index in [1.165, 1.54) is 40.4 Å². The van der Waals surface area contributed by atoms with E-state index in [9.17, 15) is 0 Å². The van der Waals surface area contributed by atoms with E-state index in [1.807, 2.05) is 35.5 Å². The van der Waals surface area contributed by atoms with Gasteiger partial charge in [0, 0.05) is 36.8 Å². The molecule has 0 radical (unpaired) electrons. The lowest BCUT2D eigenvalue weighted by molar-refractivity contribution is -0.0329. The van der Waals surface area contributed by atoms with Gasteiger partial charge < -0.3 is 4.74 Å². The summed E-state index contributed by atoms with van der Waals surface area (Å²) in [5, 5.41) is 5.51. The van der Waals surface area contributed by atoms with Gasteiger partial charge in [-0.2, -0.15) is 5.10 Å². The molecule has 1 aliphatic carbocycles. The number of thiazole rings is 1. The molecule has 2 aromatic rings. The van der Waals surface area contributed by atoms with Crippen LogP contribution >= 0.6 is 11.3 Å². The predicted octanol–water partition coefficient (Wildman–Crippen LogP) is 1.94. The van der Waals surface area contributed by atoms with Crippen LogP contribution in [0, 0.1) is 0 Å². The van der Waals surface area contributed by atoms with E-state index in [4.69, 9.17) is 9.72 Å². The first-order valence-electron chi connectivity index (χ1n) is 7.58. The van der Waals surface area contributed by atoms with Gasteiger partial charge in [0.25, 0.3) is 0 Å². The Morgan fingerprint density at radius 3 is 3.19 bits per heavy atom. The van der Waals surface area contributed by atoms with Gasteiger partial charge in [0.05, 0.1) is 31.1 Å². The van der Waals surface area contributed by atoms with Gasteiger partial charge in [-0.1, -0.05) is 0 Å². The van der Waals surface area contributed by atoms with Crippen molar-refractivity contribution in [1.29, 1.82) is 0 Å². The minimum Gasteiger partial charge on any atom is -0.371 e. The third kappa shape index (κ3) is 2.75. The molecule has 2 aromatic heterocycles. The van der Waals surface area contributed by atoms with E-state index in [-0.39, 0.29) is 6.10 Å². The zero-order chi connectivity index (χ0) is 14.2. The van der Waals surface area contributed by atoms with Crippen LogP contribution in [0.2, 0.25) is 0 Å². The second kappa shape index (κ2) is 5.51. The van der Waals surface area contributed by atoms with Gasteiger partial charge in [-0.15, -0.1) is 11.3 Å². The molecule has 0 bridgehead atoms. The first-order chi connectivity index (χ1) is 10.3. The number of fused-ring (bicyclic) bond motifs is 1. The van der Waals surface area contributed by atoms with Crippen LogP contribution in [0.15, 0.2) is 12.4 Å². The van der Waals surface area contributed by atoms with Gasteiger partial charge in [0.15, 0.2) is 0 Å². The molecule has 0 spiro atoms. The number of ether oxygens (including phenoxy) is 1. The van der Waals surface area contributed by atoms with Crippen LogP contribution in [0.3, 0.4) is 0 Å². The van der Waals surface area contributed by atoms with Crippen LogP contribution in [-0.4, -0.2) is 39.4 Å². The molecule has 3 heterocycles. The minimum atomic E-state index is 0.138. The second-order valence-electron chi connectivity index (χ2n) is 5.87. The number of aromatic nitrogens is 3. The molecule has 0 N–H and O–H groups in total. The highest BCUT2D eigenvalue weighted by molar-refractivity contribution is 7.11. The number of nitrogens with zero attached hydrogens (tertiary/aromatic N) is 4. The molecule has 5 nitrogen and oxygen atoms in total. The normalized spacial score (nSPS) is 22.6. The van der Waals surface area contributed by atoms with E-state index in [0.717, 1.165) is 26.2 Å². The second-order valence-corrected chi connectivity index (χ2v) is 7.04. The molecule has 2 aliphatic rings. The highest BCUT2D eigenvalue weighted by Crippen LogP contribution is 2.29. The summed E-state index contributed by atoms with van der Waals surface area (Å²) >= 11 is 1.91. The Morgan fingerprint density at radius 1 is 1.43 bits per heavy atom. The van der Waals surface area contributed by atoms with Gasteiger partial charge in [-0.05, 0) is 19.3 Å². The molecular formula is C15H20N4OS. The Balaban J connectivity index is 1.43. The van der Waals surface area contributed by atoms with Crippen molar-refractivity contribution in [2.75, 3.05) is 19.7 Å². The molecule has 0 aromatic carbocycles. The van der Waals surface area contributed by atoms with E-state index >= 15 is 0 Å². The van der Waals surface area contributed by atoms with Crippen molar-refractivity contribution < 1.29 is 4.74 Å². The number of aryl methyl sites for hydroxylation is 3. The zero-order valence-corrected chi connectivity index (χ0v) is 13.1. The summed E-state index contributed by atoms with van der Waals surface area (Å²) in [5.74, 6) is 0. The van der Waals surface area contributed by atoms with Crippen LogP contribution in [0.25, 0.3) is 0 Å². The van der Waals surface area contributed by atoms with Crippen molar-refractivity contribution in [3.63, 3.8) is 0 Å². The molecule has 112 valence electrons. The lowest BCUT2D eigenvalue weighted by Crippen LogP contribution is -2.37. The maximum Gasteiger partial charge on any atom is 0.107 e. The average Bonchev–Trinajstić information content (AvgIpc) is 3.15. The number of rotatable bonds is 3. The summed E-state index contributed by atoms with van der Waals surface area (Å²) in [7, 11) is 1.95. The van der Waals surface area contributed by atoms with Crippen LogP contribution in [0.5, 0.6) is 0 Å². The maximum absolute atomic E-state index is 5.89. The molecular weight excluding hydrogens is 284 g/mol. The highest BCUT2D eigenvalue weighted by Gasteiger charge is 2.25. The smallest absolute Gasteiger partial charge is 0.107 e. The average molecular weight is 304 g/mol. The summed E-state index contributed by atoms with van der Waals surface area (Å²) in [6.45, 7) is 3.65. The van der Waals surface area contributed by atoms with E-state index in [0.29, 0.717) is 0 Å². The van der Waals surface area contributed by atoms with Crippen molar-refractivity contribution >= 4 is 11.3 Å². The van der Waals surface area contributed by atoms with Gasteiger partial charge in [0.2, 0.25) is 0 Å². The minimum absolute atomic E-state index is 0.138. The Hall–Kier alpha value is -1.24. The molecule has 6 heteroatoms. The third-order valence-corrected chi connectivity index (χ3v) is 5.39. The first kappa shape index (κ1) is 13.4. The van der Waals surface area contributed by atoms with Gasteiger partial charge in [-0.3, -0.25) is 9.58 Å². The van der Waals surface area contributed by atoms with Crippen LogP contribution < -0.4 is 0 Å². The summed E-state index contributed by atoms with van der Waals surface area (Å²) in [5.41, 5.74) is 2.52. The van der Waals surface area contributed by atoms with Crippen molar-refractivity contribution in [3.05, 3.63) is 33.5 Å². The molecule has 0 saturated carbocycles. The van der Waals surface area contributed by atoms with Crippen LogP contribution in [0.4, 0.5) is 0 Å². The molecule has 1 fully saturated rings. The number of hydrogen-bond acceptors (Lipinski definition) is 5. The lowest BCUT2D eigenvalue weighted by atomic mass is 10.1. The SMILES string of the molecule is Cn1cc(C2CN(Cc3nc4c(s3)CCC4)CCO2)cn1. The van der Waals surface area contributed by atoms with Crippen LogP contribution in [0.1, 0.15) is 33.7 Å². The Bertz CT molecular complexity index is 614. The summed E-state index contributed by atoms with van der Waals surface area (Å²) in [6, 6.07) is 0. The van der Waals surface area contributed by atoms with Gasteiger partial charge >= 0.3 is 0 Å². The topological polar surface area (TPSA) is 43.2 Å². The van der Waals surface area contributed by atoms with E-state index in [2.05, 4.69) is 10.00 Å². The number of hydrogen-bond donors (Lipinski definition) is 0. The summed E-state index contributed by atoms with van der Waals surface area (Å²) < 4.78 is 7.73. The standard InChI is InChI=1S/C15H20N4OS/c1-18-8-11(7-16-18)13-9-19(5-6-20-13)10-15-17-12-3-2-4-14(12)21-15/h7-8,13H,2-6,9-10H2,1H3.